The Bertz CT molecular complexity index is 562. The topological polar surface area (TPSA) is 60.0 Å². The Morgan fingerprint density at radius 2 is 2.00 bits per heavy atom. The second-order valence-electron chi connectivity index (χ2n) is 7.06. The molecule has 1 aliphatic rings. The lowest BCUT2D eigenvalue weighted by Crippen LogP contribution is -2.50. The molecule has 0 bridgehead atoms. The molecule has 2 heterocycles. The van der Waals surface area contributed by atoms with Crippen LogP contribution in [-0.2, 0) is 10.2 Å². The molecule has 0 saturated carbocycles. The zero-order valence-corrected chi connectivity index (χ0v) is 16.7. The predicted octanol–water partition coefficient (Wildman–Crippen LogP) is 1.35. The van der Waals surface area contributed by atoms with Gasteiger partial charge in [-0.25, -0.2) is 0 Å². The third kappa shape index (κ3) is 6.01. The Hall–Kier alpha value is -1.60. The van der Waals surface area contributed by atoms with Crippen LogP contribution in [0, 0.1) is 0 Å². The minimum absolute atomic E-state index is 0.0782. The Morgan fingerprint density at radius 3 is 2.56 bits per heavy atom. The minimum atomic E-state index is 0.0782. The molecule has 6 nitrogen and oxygen atoms in total. The quantitative estimate of drug-likeness (QED) is 0.590. The van der Waals surface area contributed by atoms with Gasteiger partial charge in [-0.15, -0.1) is 11.3 Å². The van der Waals surface area contributed by atoms with E-state index in [1.165, 1.54) is 4.88 Å². The second-order valence-corrected chi connectivity index (χ2v) is 8.01. The monoisotopic (exact) mass is 365 g/mol. The summed E-state index contributed by atoms with van der Waals surface area (Å²) < 4.78 is 0. The van der Waals surface area contributed by atoms with Gasteiger partial charge in [0.1, 0.15) is 0 Å². The third-order valence-electron chi connectivity index (χ3n) is 4.65. The van der Waals surface area contributed by atoms with Gasteiger partial charge in [0.25, 0.3) is 0 Å². The molecular weight excluding hydrogens is 334 g/mol. The highest BCUT2D eigenvalue weighted by molar-refractivity contribution is 7.10. The summed E-state index contributed by atoms with van der Waals surface area (Å²) in [6.07, 6.45) is 0. The number of piperazine rings is 1. The maximum Gasteiger partial charge on any atom is 0.219 e. The van der Waals surface area contributed by atoms with Crippen molar-refractivity contribution in [3.8, 4) is 0 Å². The predicted molar refractivity (Wildman–Crippen MR) is 105 cm³/mol. The second kappa shape index (κ2) is 9.20. The first-order valence-electron chi connectivity index (χ1n) is 8.89. The first-order valence-corrected chi connectivity index (χ1v) is 9.77. The van der Waals surface area contributed by atoms with Crippen LogP contribution in [0.4, 0.5) is 0 Å². The van der Waals surface area contributed by atoms with Crippen LogP contribution in [0.2, 0.25) is 0 Å². The van der Waals surface area contributed by atoms with E-state index in [1.807, 2.05) is 4.90 Å². The molecule has 0 aliphatic carbocycles. The third-order valence-corrected chi connectivity index (χ3v) is 5.88. The van der Waals surface area contributed by atoms with Gasteiger partial charge in [-0.2, -0.15) is 0 Å². The van der Waals surface area contributed by atoms with Crippen molar-refractivity contribution in [3.05, 3.63) is 22.4 Å². The van der Waals surface area contributed by atoms with Crippen molar-refractivity contribution < 1.29 is 4.79 Å². The first kappa shape index (κ1) is 19.7. The van der Waals surface area contributed by atoms with Gasteiger partial charge in [-0.1, -0.05) is 19.9 Å². The standard InChI is InChI=1S/C18H31N5OS/c1-15(24)23-11-9-22(10-12-23)8-7-20-17(19-4)21-14-18(2,3)16-6-5-13-25-16/h5-6,13H,7-12,14H2,1-4H3,(H2,19,20,21). The molecule has 140 valence electrons. The first-order chi connectivity index (χ1) is 11.9. The molecule has 0 spiro atoms. The van der Waals surface area contributed by atoms with Gasteiger partial charge >= 0.3 is 0 Å². The molecule has 0 unspecified atom stereocenters. The highest BCUT2D eigenvalue weighted by Gasteiger charge is 2.22. The van der Waals surface area contributed by atoms with Crippen LogP contribution in [0.15, 0.2) is 22.5 Å². The van der Waals surface area contributed by atoms with Gasteiger partial charge < -0.3 is 15.5 Å². The highest BCUT2D eigenvalue weighted by Crippen LogP contribution is 2.26. The van der Waals surface area contributed by atoms with Crippen LogP contribution in [0.5, 0.6) is 0 Å². The van der Waals surface area contributed by atoms with Crippen LogP contribution in [-0.4, -0.2) is 74.5 Å². The van der Waals surface area contributed by atoms with E-state index in [1.54, 1.807) is 25.3 Å². The molecule has 1 aliphatic heterocycles. The maximum absolute atomic E-state index is 11.4. The molecule has 0 aromatic carbocycles. The molecular formula is C18H31N5OS. The zero-order valence-electron chi connectivity index (χ0n) is 15.8. The molecule has 1 saturated heterocycles. The van der Waals surface area contributed by atoms with E-state index < -0.39 is 0 Å². The van der Waals surface area contributed by atoms with Crippen LogP contribution in [0.1, 0.15) is 25.6 Å². The zero-order chi connectivity index (χ0) is 18.3. The minimum Gasteiger partial charge on any atom is -0.356 e. The van der Waals surface area contributed by atoms with E-state index in [0.29, 0.717) is 0 Å². The van der Waals surface area contributed by atoms with E-state index in [2.05, 4.69) is 51.9 Å². The molecule has 2 N–H and O–H groups in total. The van der Waals surface area contributed by atoms with Crippen molar-refractivity contribution in [2.45, 2.75) is 26.2 Å². The number of hydrogen-bond acceptors (Lipinski definition) is 4. The van der Waals surface area contributed by atoms with Gasteiger partial charge in [0, 0.05) is 70.1 Å². The van der Waals surface area contributed by atoms with Gasteiger partial charge in [0.15, 0.2) is 5.96 Å². The number of nitrogens with zero attached hydrogens (tertiary/aromatic N) is 3. The summed E-state index contributed by atoms with van der Waals surface area (Å²) in [6, 6.07) is 4.28. The summed E-state index contributed by atoms with van der Waals surface area (Å²) in [7, 11) is 1.80. The number of thiophene rings is 1. The lowest BCUT2D eigenvalue weighted by Gasteiger charge is -2.34. The van der Waals surface area contributed by atoms with Crippen molar-refractivity contribution in [2.75, 3.05) is 52.9 Å². The summed E-state index contributed by atoms with van der Waals surface area (Å²) in [5.74, 6) is 1.02. The van der Waals surface area contributed by atoms with Crippen LogP contribution in [0.3, 0.4) is 0 Å². The molecule has 0 radical (unpaired) electrons. The Labute approximate surface area is 155 Å². The molecule has 1 aromatic heterocycles. The van der Waals surface area contributed by atoms with E-state index in [9.17, 15) is 4.79 Å². The lowest BCUT2D eigenvalue weighted by atomic mass is 9.91. The average molecular weight is 366 g/mol. The molecule has 0 atom stereocenters. The summed E-state index contributed by atoms with van der Waals surface area (Å²) >= 11 is 1.79. The van der Waals surface area contributed by atoms with Crippen LogP contribution in [0.25, 0.3) is 0 Å². The largest absolute Gasteiger partial charge is 0.356 e. The summed E-state index contributed by atoms with van der Waals surface area (Å²) in [6.45, 7) is 12.3. The highest BCUT2D eigenvalue weighted by atomic mass is 32.1. The number of guanidine groups is 1. The lowest BCUT2D eigenvalue weighted by molar-refractivity contribution is -0.130. The number of nitrogens with one attached hydrogen (secondary N) is 2. The fourth-order valence-electron chi connectivity index (χ4n) is 2.89. The van der Waals surface area contributed by atoms with E-state index >= 15 is 0 Å². The van der Waals surface area contributed by atoms with Crippen LogP contribution >= 0.6 is 11.3 Å². The van der Waals surface area contributed by atoms with Crippen molar-refractivity contribution in [1.82, 2.24) is 20.4 Å². The SMILES string of the molecule is CN=C(NCCN1CCN(C(C)=O)CC1)NCC(C)(C)c1cccs1. The maximum atomic E-state index is 11.4. The van der Waals surface area contributed by atoms with Gasteiger partial charge in [-0.05, 0) is 11.4 Å². The summed E-state index contributed by atoms with van der Waals surface area (Å²) in [4.78, 5) is 21.3. The normalized spacial score (nSPS) is 16.8. The van der Waals surface area contributed by atoms with E-state index in [0.717, 1.165) is 51.8 Å². The summed E-state index contributed by atoms with van der Waals surface area (Å²) in [5.41, 5.74) is 0.0782. The number of carbonyl (C=O) groups excluding carboxylic acids is 1. The number of aliphatic imine (C=N–C) groups is 1. The molecule has 1 amide bonds. The smallest absolute Gasteiger partial charge is 0.219 e. The number of carbonyl (C=O) groups is 1. The molecule has 7 heteroatoms. The fourth-order valence-corrected chi connectivity index (χ4v) is 3.75. The van der Waals surface area contributed by atoms with Crippen molar-refractivity contribution in [1.29, 1.82) is 0 Å². The van der Waals surface area contributed by atoms with E-state index in [4.69, 9.17) is 0 Å². The number of hydrogen-bond donors (Lipinski definition) is 2. The van der Waals surface area contributed by atoms with Crippen molar-refractivity contribution in [2.24, 2.45) is 4.99 Å². The van der Waals surface area contributed by atoms with E-state index in [-0.39, 0.29) is 11.3 Å². The van der Waals surface area contributed by atoms with Crippen molar-refractivity contribution in [3.63, 3.8) is 0 Å². The van der Waals surface area contributed by atoms with Gasteiger partial charge in [0.05, 0.1) is 0 Å². The van der Waals surface area contributed by atoms with Gasteiger partial charge in [0.2, 0.25) is 5.91 Å². The van der Waals surface area contributed by atoms with Crippen LogP contribution < -0.4 is 10.6 Å². The Balaban J connectivity index is 1.68. The number of amides is 1. The van der Waals surface area contributed by atoms with Gasteiger partial charge in [-0.3, -0.25) is 14.7 Å². The molecule has 1 aromatic rings. The number of rotatable bonds is 6. The Kier molecular flexibility index (Phi) is 7.25. The van der Waals surface area contributed by atoms with Crippen molar-refractivity contribution >= 4 is 23.2 Å². The molecule has 2 rings (SSSR count). The average Bonchev–Trinajstić information content (AvgIpc) is 3.14. The molecule has 1 fully saturated rings. The Morgan fingerprint density at radius 1 is 1.28 bits per heavy atom. The molecule has 25 heavy (non-hydrogen) atoms. The fraction of sp³-hybridized carbons (Fsp3) is 0.667. The summed E-state index contributed by atoms with van der Waals surface area (Å²) in [5, 5.41) is 8.94.